The highest BCUT2D eigenvalue weighted by molar-refractivity contribution is 4.94. The van der Waals surface area contributed by atoms with Gasteiger partial charge in [-0.15, -0.1) is 0 Å². The van der Waals surface area contributed by atoms with Crippen LogP contribution < -0.4 is 5.32 Å². The quantitative estimate of drug-likeness (QED) is 0.787. The maximum Gasteiger partial charge on any atom is 0.0467 e. The van der Waals surface area contributed by atoms with Crippen molar-refractivity contribution < 1.29 is 4.74 Å². The number of nitrogens with one attached hydrogen (secondary N) is 1. The molecule has 0 radical (unpaired) electrons. The average Bonchev–Trinajstić information content (AvgIpc) is 2.78. The second kappa shape index (κ2) is 6.36. The standard InChI is InChI=1S/C15H30N2O/c1-15(2,8-11-18-3)12-16-13-7-10-17-9-5-4-6-14(13)17/h13-14,16H,4-12H2,1-3H3. The highest BCUT2D eigenvalue weighted by Crippen LogP contribution is 2.28. The van der Waals surface area contributed by atoms with E-state index in [0.717, 1.165) is 31.7 Å². The Balaban J connectivity index is 1.76. The summed E-state index contributed by atoms with van der Waals surface area (Å²) in [7, 11) is 1.79. The molecular formula is C15H30N2O. The van der Waals surface area contributed by atoms with Crippen molar-refractivity contribution in [3.63, 3.8) is 0 Å². The van der Waals surface area contributed by atoms with Gasteiger partial charge in [0, 0.05) is 38.9 Å². The van der Waals surface area contributed by atoms with Crippen LogP contribution in [0.2, 0.25) is 0 Å². The van der Waals surface area contributed by atoms with Crippen molar-refractivity contribution in [1.29, 1.82) is 0 Å². The summed E-state index contributed by atoms with van der Waals surface area (Å²) in [4.78, 5) is 2.70. The predicted molar refractivity (Wildman–Crippen MR) is 75.9 cm³/mol. The third-order valence-corrected chi connectivity index (χ3v) is 4.68. The Hall–Kier alpha value is -0.120. The Kier molecular flexibility index (Phi) is 5.05. The molecule has 3 heteroatoms. The molecule has 2 aliphatic rings. The summed E-state index contributed by atoms with van der Waals surface area (Å²) in [6.45, 7) is 9.30. The number of ether oxygens (including phenoxy) is 1. The molecule has 1 N–H and O–H groups in total. The topological polar surface area (TPSA) is 24.5 Å². The van der Waals surface area contributed by atoms with Gasteiger partial charge in [0.15, 0.2) is 0 Å². The van der Waals surface area contributed by atoms with Crippen LogP contribution in [0.15, 0.2) is 0 Å². The van der Waals surface area contributed by atoms with Crippen LogP contribution in [-0.2, 0) is 4.74 Å². The smallest absolute Gasteiger partial charge is 0.0467 e. The monoisotopic (exact) mass is 254 g/mol. The molecular weight excluding hydrogens is 224 g/mol. The first-order chi connectivity index (χ1) is 8.62. The van der Waals surface area contributed by atoms with E-state index in [4.69, 9.17) is 4.74 Å². The molecule has 0 saturated carbocycles. The van der Waals surface area contributed by atoms with Crippen LogP contribution in [0.5, 0.6) is 0 Å². The Morgan fingerprint density at radius 1 is 1.22 bits per heavy atom. The van der Waals surface area contributed by atoms with Gasteiger partial charge < -0.3 is 10.1 Å². The Morgan fingerprint density at radius 2 is 2.06 bits per heavy atom. The van der Waals surface area contributed by atoms with Crippen LogP contribution in [0.1, 0.15) is 46.0 Å². The Morgan fingerprint density at radius 3 is 2.83 bits per heavy atom. The van der Waals surface area contributed by atoms with Crippen LogP contribution in [0.25, 0.3) is 0 Å². The Bertz CT molecular complexity index is 255. The maximum atomic E-state index is 5.20. The van der Waals surface area contributed by atoms with Crippen LogP contribution in [0.3, 0.4) is 0 Å². The second-order valence-corrected chi connectivity index (χ2v) is 6.78. The first-order valence-electron chi connectivity index (χ1n) is 7.59. The molecule has 106 valence electrons. The largest absolute Gasteiger partial charge is 0.385 e. The zero-order valence-corrected chi connectivity index (χ0v) is 12.4. The molecule has 2 unspecified atom stereocenters. The van der Waals surface area contributed by atoms with Crippen LogP contribution in [0, 0.1) is 5.41 Å². The van der Waals surface area contributed by atoms with Gasteiger partial charge in [0.25, 0.3) is 0 Å². The normalized spacial score (nSPS) is 29.5. The summed E-state index contributed by atoms with van der Waals surface area (Å²) < 4.78 is 5.20. The van der Waals surface area contributed by atoms with Gasteiger partial charge in [0.1, 0.15) is 0 Å². The average molecular weight is 254 g/mol. The molecule has 3 nitrogen and oxygen atoms in total. The van der Waals surface area contributed by atoms with E-state index in [-0.39, 0.29) is 0 Å². The van der Waals surface area contributed by atoms with Crippen LogP contribution in [0.4, 0.5) is 0 Å². The molecule has 2 rings (SSSR count). The van der Waals surface area contributed by atoms with E-state index in [0.29, 0.717) is 5.41 Å². The molecule has 2 aliphatic heterocycles. The zero-order valence-electron chi connectivity index (χ0n) is 12.4. The molecule has 2 fully saturated rings. The highest BCUT2D eigenvalue weighted by Gasteiger charge is 2.35. The first-order valence-corrected chi connectivity index (χ1v) is 7.59. The predicted octanol–water partition coefficient (Wildman–Crippen LogP) is 2.27. The van der Waals surface area contributed by atoms with E-state index < -0.39 is 0 Å². The summed E-state index contributed by atoms with van der Waals surface area (Å²) >= 11 is 0. The number of rotatable bonds is 6. The van der Waals surface area contributed by atoms with E-state index in [2.05, 4.69) is 24.1 Å². The minimum absolute atomic E-state index is 0.345. The summed E-state index contributed by atoms with van der Waals surface area (Å²) in [6, 6.07) is 1.55. The summed E-state index contributed by atoms with van der Waals surface area (Å²) in [5.74, 6) is 0. The third-order valence-electron chi connectivity index (χ3n) is 4.68. The summed E-state index contributed by atoms with van der Waals surface area (Å²) in [6.07, 6.45) is 6.70. The number of nitrogens with zero attached hydrogens (tertiary/aromatic N) is 1. The van der Waals surface area contributed by atoms with E-state index >= 15 is 0 Å². The lowest BCUT2D eigenvalue weighted by Crippen LogP contribution is -2.47. The van der Waals surface area contributed by atoms with Crippen molar-refractivity contribution in [3.05, 3.63) is 0 Å². The van der Waals surface area contributed by atoms with Gasteiger partial charge in [0.05, 0.1) is 0 Å². The van der Waals surface area contributed by atoms with E-state index in [1.807, 2.05) is 0 Å². The van der Waals surface area contributed by atoms with Crippen molar-refractivity contribution in [1.82, 2.24) is 10.2 Å². The molecule has 0 aromatic rings. The van der Waals surface area contributed by atoms with Gasteiger partial charge in [0.2, 0.25) is 0 Å². The number of fused-ring (bicyclic) bond motifs is 1. The van der Waals surface area contributed by atoms with Gasteiger partial charge in [-0.2, -0.15) is 0 Å². The maximum absolute atomic E-state index is 5.20. The van der Waals surface area contributed by atoms with Crippen LogP contribution >= 0.6 is 0 Å². The number of methoxy groups -OCH3 is 1. The summed E-state index contributed by atoms with van der Waals surface area (Å²) in [5, 5.41) is 3.83. The lowest BCUT2D eigenvalue weighted by molar-refractivity contribution is 0.142. The fourth-order valence-electron chi connectivity index (χ4n) is 3.36. The molecule has 2 atom stereocenters. The minimum Gasteiger partial charge on any atom is -0.385 e. The van der Waals surface area contributed by atoms with E-state index in [9.17, 15) is 0 Å². The van der Waals surface area contributed by atoms with Crippen molar-refractivity contribution >= 4 is 0 Å². The molecule has 18 heavy (non-hydrogen) atoms. The lowest BCUT2D eigenvalue weighted by atomic mass is 9.88. The van der Waals surface area contributed by atoms with Gasteiger partial charge >= 0.3 is 0 Å². The Labute approximate surface area is 112 Å². The summed E-state index contributed by atoms with van der Waals surface area (Å²) in [5.41, 5.74) is 0.345. The lowest BCUT2D eigenvalue weighted by Gasteiger charge is -2.34. The van der Waals surface area contributed by atoms with Gasteiger partial charge in [-0.1, -0.05) is 20.3 Å². The third kappa shape index (κ3) is 3.69. The van der Waals surface area contributed by atoms with Crippen molar-refractivity contribution in [2.24, 2.45) is 5.41 Å². The van der Waals surface area contributed by atoms with E-state index in [1.165, 1.54) is 38.8 Å². The fraction of sp³-hybridized carbons (Fsp3) is 1.00. The number of hydrogen-bond acceptors (Lipinski definition) is 3. The van der Waals surface area contributed by atoms with Crippen LogP contribution in [-0.4, -0.2) is 50.3 Å². The van der Waals surface area contributed by atoms with Gasteiger partial charge in [-0.05, 0) is 37.6 Å². The second-order valence-electron chi connectivity index (χ2n) is 6.78. The zero-order chi connectivity index (χ0) is 13.0. The molecule has 0 amide bonds. The van der Waals surface area contributed by atoms with Crippen molar-refractivity contribution in [3.8, 4) is 0 Å². The molecule has 2 saturated heterocycles. The molecule has 0 aromatic heterocycles. The molecule has 0 aliphatic carbocycles. The van der Waals surface area contributed by atoms with Gasteiger partial charge in [-0.25, -0.2) is 0 Å². The molecule has 0 aromatic carbocycles. The van der Waals surface area contributed by atoms with Crippen molar-refractivity contribution in [2.75, 3.05) is 33.4 Å². The molecule has 2 heterocycles. The van der Waals surface area contributed by atoms with E-state index in [1.54, 1.807) is 7.11 Å². The SMILES string of the molecule is COCCC(C)(C)CNC1CCN2CCCCC12. The number of hydrogen-bond donors (Lipinski definition) is 1. The van der Waals surface area contributed by atoms with Crippen molar-refractivity contribution in [2.45, 2.75) is 58.0 Å². The van der Waals surface area contributed by atoms with Gasteiger partial charge in [-0.3, -0.25) is 4.90 Å². The first kappa shape index (κ1) is 14.3. The number of piperidine rings is 1. The molecule has 0 bridgehead atoms. The fourth-order valence-corrected chi connectivity index (χ4v) is 3.36. The highest BCUT2D eigenvalue weighted by atomic mass is 16.5. The molecule has 0 spiro atoms. The minimum atomic E-state index is 0.345.